The lowest BCUT2D eigenvalue weighted by Gasteiger charge is -2.45. The van der Waals surface area contributed by atoms with Gasteiger partial charge in [-0.15, -0.1) is 0 Å². The highest BCUT2D eigenvalue weighted by Gasteiger charge is 2.47. The second-order valence-corrected chi connectivity index (χ2v) is 9.43. The second kappa shape index (κ2) is 8.37. The third-order valence-corrected chi connectivity index (χ3v) is 7.84. The number of nitrogens with zero attached hydrogens (tertiary/aromatic N) is 1. The normalized spacial score (nSPS) is 33.9. The summed E-state index contributed by atoms with van der Waals surface area (Å²) >= 11 is 0. The zero-order valence-corrected chi connectivity index (χ0v) is 17.7. The molecule has 4 rings (SSSR count). The number of nitrogens with one attached hydrogen (secondary N) is 1. The van der Waals surface area contributed by atoms with E-state index in [1.807, 2.05) is 24.0 Å². The highest BCUT2D eigenvalue weighted by molar-refractivity contribution is 5.74. The summed E-state index contributed by atoms with van der Waals surface area (Å²) in [6, 6.07) is 8.99. The van der Waals surface area contributed by atoms with Crippen LogP contribution in [0, 0.1) is 11.8 Å². The van der Waals surface area contributed by atoms with Gasteiger partial charge in [-0.3, -0.25) is 4.79 Å². The SMILES string of the molecule is CCOC(=O)N1C2CCC1CC(C1CCC(C)(c3ccccc3NC=O)CC1)C2. The Morgan fingerprint density at radius 1 is 1.14 bits per heavy atom. The Bertz CT molecular complexity index is 727. The number of piperidine rings is 1. The molecule has 2 aliphatic heterocycles. The van der Waals surface area contributed by atoms with Crippen molar-refractivity contribution in [2.45, 2.75) is 82.7 Å². The lowest BCUT2D eigenvalue weighted by atomic mass is 9.63. The molecule has 5 nitrogen and oxygen atoms in total. The Balaban J connectivity index is 1.40. The zero-order valence-electron chi connectivity index (χ0n) is 17.7. The van der Waals surface area contributed by atoms with Crippen LogP contribution < -0.4 is 5.32 Å². The predicted octanol–water partition coefficient (Wildman–Crippen LogP) is 5.10. The lowest BCUT2D eigenvalue weighted by Crippen LogP contribution is -2.48. The third-order valence-electron chi connectivity index (χ3n) is 7.84. The fraction of sp³-hybridized carbons (Fsp3) is 0.667. The van der Waals surface area contributed by atoms with Crippen molar-refractivity contribution in [1.29, 1.82) is 0 Å². The van der Waals surface area contributed by atoms with Crippen LogP contribution in [0.1, 0.15) is 70.8 Å². The van der Waals surface area contributed by atoms with Crippen LogP contribution in [-0.4, -0.2) is 36.1 Å². The molecule has 0 spiro atoms. The van der Waals surface area contributed by atoms with E-state index in [-0.39, 0.29) is 11.5 Å². The van der Waals surface area contributed by atoms with Crippen molar-refractivity contribution in [3.05, 3.63) is 29.8 Å². The van der Waals surface area contributed by atoms with Crippen LogP contribution in [0.4, 0.5) is 10.5 Å². The van der Waals surface area contributed by atoms with E-state index in [2.05, 4.69) is 24.4 Å². The topological polar surface area (TPSA) is 58.6 Å². The molecule has 1 N–H and O–H groups in total. The molecule has 0 radical (unpaired) electrons. The molecule has 1 aromatic carbocycles. The van der Waals surface area contributed by atoms with Gasteiger partial charge >= 0.3 is 6.09 Å². The minimum absolute atomic E-state index is 0.103. The van der Waals surface area contributed by atoms with Gasteiger partial charge in [0.2, 0.25) is 6.41 Å². The van der Waals surface area contributed by atoms with Crippen molar-refractivity contribution in [2.75, 3.05) is 11.9 Å². The largest absolute Gasteiger partial charge is 0.450 e. The summed E-state index contributed by atoms with van der Waals surface area (Å²) in [5, 5.41) is 2.89. The average Bonchev–Trinajstić information content (AvgIpc) is 2.99. The number of ether oxygens (including phenoxy) is 1. The molecule has 2 amide bonds. The predicted molar refractivity (Wildman–Crippen MR) is 114 cm³/mol. The molecule has 2 bridgehead atoms. The number of amides is 2. The minimum Gasteiger partial charge on any atom is -0.450 e. The van der Waals surface area contributed by atoms with Gasteiger partial charge in [0.25, 0.3) is 0 Å². The summed E-state index contributed by atoms with van der Waals surface area (Å²) in [6.45, 7) is 4.69. The molecule has 2 saturated heterocycles. The van der Waals surface area contributed by atoms with E-state index < -0.39 is 0 Å². The Morgan fingerprint density at radius 2 is 1.79 bits per heavy atom. The monoisotopic (exact) mass is 398 g/mol. The van der Waals surface area contributed by atoms with Gasteiger partial charge < -0.3 is 15.0 Å². The van der Waals surface area contributed by atoms with E-state index in [0.29, 0.717) is 18.7 Å². The van der Waals surface area contributed by atoms with Crippen molar-refractivity contribution >= 4 is 18.2 Å². The van der Waals surface area contributed by atoms with Gasteiger partial charge in [-0.25, -0.2) is 4.79 Å². The maximum atomic E-state index is 12.3. The number of carbonyl (C=O) groups excluding carboxylic acids is 2. The molecule has 1 aromatic rings. The molecule has 2 atom stereocenters. The number of rotatable bonds is 5. The summed E-state index contributed by atoms with van der Waals surface area (Å²) in [6.07, 6.45) is 10.00. The molecule has 2 heterocycles. The van der Waals surface area contributed by atoms with Gasteiger partial charge in [0.15, 0.2) is 0 Å². The van der Waals surface area contributed by atoms with E-state index >= 15 is 0 Å². The van der Waals surface area contributed by atoms with Gasteiger partial charge in [0.05, 0.1) is 6.61 Å². The lowest BCUT2D eigenvalue weighted by molar-refractivity contribution is -0.105. The Labute approximate surface area is 174 Å². The quantitative estimate of drug-likeness (QED) is 0.702. The van der Waals surface area contributed by atoms with Gasteiger partial charge in [-0.1, -0.05) is 25.1 Å². The fourth-order valence-electron chi connectivity index (χ4n) is 6.32. The second-order valence-electron chi connectivity index (χ2n) is 9.43. The van der Waals surface area contributed by atoms with Crippen molar-refractivity contribution in [2.24, 2.45) is 11.8 Å². The number of hydrogen-bond donors (Lipinski definition) is 1. The molecular weight excluding hydrogens is 364 g/mol. The Morgan fingerprint density at radius 3 is 2.41 bits per heavy atom. The summed E-state index contributed by atoms with van der Waals surface area (Å²) in [7, 11) is 0. The van der Waals surface area contributed by atoms with E-state index in [1.165, 1.54) is 18.4 Å². The summed E-state index contributed by atoms with van der Waals surface area (Å²) in [5.74, 6) is 1.48. The number of fused-ring (bicyclic) bond motifs is 2. The molecule has 3 aliphatic rings. The Hall–Kier alpha value is -2.04. The van der Waals surface area contributed by atoms with Gasteiger partial charge in [-0.2, -0.15) is 0 Å². The number of para-hydroxylation sites is 1. The summed E-state index contributed by atoms with van der Waals surface area (Å²) in [5.41, 5.74) is 2.33. The van der Waals surface area contributed by atoms with E-state index in [1.54, 1.807) is 0 Å². The maximum absolute atomic E-state index is 12.3. The smallest absolute Gasteiger partial charge is 0.410 e. The molecule has 158 valence electrons. The first-order valence-electron chi connectivity index (χ1n) is 11.3. The first-order valence-corrected chi connectivity index (χ1v) is 11.3. The fourth-order valence-corrected chi connectivity index (χ4v) is 6.32. The number of anilines is 1. The van der Waals surface area contributed by atoms with E-state index in [0.717, 1.165) is 62.5 Å². The first kappa shape index (κ1) is 20.2. The van der Waals surface area contributed by atoms with Crippen LogP contribution in [0.3, 0.4) is 0 Å². The number of carbonyl (C=O) groups is 2. The van der Waals surface area contributed by atoms with Gasteiger partial charge in [-0.05, 0) is 87.2 Å². The van der Waals surface area contributed by atoms with Gasteiger partial charge in [0, 0.05) is 17.8 Å². The van der Waals surface area contributed by atoms with Crippen LogP contribution in [0.25, 0.3) is 0 Å². The molecular formula is C24H34N2O3. The highest BCUT2D eigenvalue weighted by Crippen LogP contribution is 2.50. The van der Waals surface area contributed by atoms with Crippen LogP contribution >= 0.6 is 0 Å². The molecule has 2 unspecified atom stereocenters. The minimum atomic E-state index is -0.103. The van der Waals surface area contributed by atoms with Gasteiger partial charge in [0.1, 0.15) is 0 Å². The molecule has 0 aromatic heterocycles. The molecule has 29 heavy (non-hydrogen) atoms. The first-order chi connectivity index (χ1) is 14.1. The average molecular weight is 399 g/mol. The third kappa shape index (κ3) is 3.88. The van der Waals surface area contributed by atoms with E-state index in [9.17, 15) is 9.59 Å². The molecule has 1 saturated carbocycles. The molecule has 3 fully saturated rings. The Kier molecular flexibility index (Phi) is 5.84. The standard InChI is InChI=1S/C24H34N2O3/c1-3-29-23(28)26-19-8-9-20(26)15-18(14-19)17-10-12-24(2,13-11-17)21-6-4-5-7-22(21)25-16-27/h4-7,16-20H,3,8-15H2,1-2H3,(H,25,27). The van der Waals surface area contributed by atoms with Crippen LogP contribution in [0.5, 0.6) is 0 Å². The molecule has 1 aliphatic carbocycles. The maximum Gasteiger partial charge on any atom is 0.410 e. The van der Waals surface area contributed by atoms with Crippen molar-refractivity contribution in [3.8, 4) is 0 Å². The van der Waals surface area contributed by atoms with Crippen LogP contribution in [0.15, 0.2) is 24.3 Å². The van der Waals surface area contributed by atoms with Crippen LogP contribution in [-0.2, 0) is 14.9 Å². The van der Waals surface area contributed by atoms with Crippen LogP contribution in [0.2, 0.25) is 0 Å². The summed E-state index contributed by atoms with van der Waals surface area (Å²) < 4.78 is 5.31. The number of hydrogen-bond acceptors (Lipinski definition) is 3. The van der Waals surface area contributed by atoms with Crippen molar-refractivity contribution < 1.29 is 14.3 Å². The number of benzene rings is 1. The summed E-state index contributed by atoms with van der Waals surface area (Å²) in [4.78, 5) is 25.4. The van der Waals surface area contributed by atoms with Crippen molar-refractivity contribution in [3.63, 3.8) is 0 Å². The van der Waals surface area contributed by atoms with Crippen molar-refractivity contribution in [1.82, 2.24) is 4.90 Å². The highest BCUT2D eigenvalue weighted by atomic mass is 16.6. The molecule has 5 heteroatoms. The van der Waals surface area contributed by atoms with E-state index in [4.69, 9.17) is 4.74 Å². The zero-order chi connectivity index (χ0) is 20.4.